The Labute approximate surface area is 154 Å². The molecule has 0 aliphatic carbocycles. The van der Waals surface area contributed by atoms with E-state index < -0.39 is 10.0 Å². The van der Waals surface area contributed by atoms with Crippen molar-refractivity contribution in [3.05, 3.63) is 65.7 Å². The third-order valence-electron chi connectivity index (χ3n) is 3.76. The predicted molar refractivity (Wildman–Crippen MR) is 101 cm³/mol. The van der Waals surface area contributed by atoms with Crippen molar-refractivity contribution in [3.8, 4) is 6.07 Å². The van der Waals surface area contributed by atoms with E-state index in [1.54, 1.807) is 18.2 Å². The van der Waals surface area contributed by atoms with Crippen molar-refractivity contribution in [2.75, 3.05) is 23.7 Å². The van der Waals surface area contributed by atoms with Crippen molar-refractivity contribution in [1.29, 1.82) is 5.26 Å². The minimum Gasteiger partial charge on any atom is -0.355 e. The number of sulfonamides is 1. The van der Waals surface area contributed by atoms with Crippen LogP contribution in [0.1, 0.15) is 17.5 Å². The highest BCUT2D eigenvalue weighted by Crippen LogP contribution is 2.18. The molecule has 0 radical (unpaired) electrons. The van der Waals surface area contributed by atoms with Gasteiger partial charge < -0.3 is 5.32 Å². The van der Waals surface area contributed by atoms with Crippen molar-refractivity contribution >= 4 is 21.6 Å². The summed E-state index contributed by atoms with van der Waals surface area (Å²) in [5, 5.41) is 11.7. The SMILES string of the molecule is CS(=O)(=O)N(CC(=O)NCCCc1ccccc1)c1cccc(C#N)c1. The molecule has 0 fully saturated rings. The second-order valence-corrected chi connectivity index (χ2v) is 7.78. The molecule has 6 nitrogen and oxygen atoms in total. The molecule has 2 aromatic carbocycles. The van der Waals surface area contributed by atoms with Gasteiger partial charge in [-0.1, -0.05) is 36.4 Å². The van der Waals surface area contributed by atoms with Crippen LogP contribution < -0.4 is 9.62 Å². The van der Waals surface area contributed by atoms with Crippen LogP contribution in [0, 0.1) is 11.3 Å². The number of anilines is 1. The summed E-state index contributed by atoms with van der Waals surface area (Å²) in [5.41, 5.74) is 1.82. The van der Waals surface area contributed by atoms with Gasteiger partial charge in [0.05, 0.1) is 23.6 Å². The Morgan fingerprint density at radius 2 is 1.88 bits per heavy atom. The average molecular weight is 371 g/mol. The number of benzene rings is 2. The van der Waals surface area contributed by atoms with E-state index in [1.807, 2.05) is 36.4 Å². The Hall–Kier alpha value is -2.85. The van der Waals surface area contributed by atoms with Crippen LogP contribution >= 0.6 is 0 Å². The second-order valence-electron chi connectivity index (χ2n) is 5.87. The standard InChI is InChI=1S/C19H21N3O3S/c1-26(24,25)22(18-11-5-9-17(13-18)14-20)15-19(23)21-12-6-10-16-7-3-2-4-8-16/h2-5,7-9,11,13H,6,10,12,15H2,1H3,(H,21,23). The molecule has 2 rings (SSSR count). The number of carbonyl (C=O) groups is 1. The smallest absolute Gasteiger partial charge is 0.240 e. The topological polar surface area (TPSA) is 90.3 Å². The van der Waals surface area contributed by atoms with Gasteiger partial charge in [0.1, 0.15) is 6.54 Å². The van der Waals surface area contributed by atoms with Crippen LogP contribution in [-0.4, -0.2) is 33.7 Å². The molecule has 26 heavy (non-hydrogen) atoms. The number of rotatable bonds is 8. The molecule has 0 bridgehead atoms. The first kappa shape index (κ1) is 19.5. The van der Waals surface area contributed by atoms with E-state index >= 15 is 0 Å². The summed E-state index contributed by atoms with van der Waals surface area (Å²) in [4.78, 5) is 12.2. The molecule has 0 heterocycles. The third-order valence-corrected chi connectivity index (χ3v) is 4.90. The van der Waals surface area contributed by atoms with Crippen molar-refractivity contribution in [2.24, 2.45) is 0 Å². The fraction of sp³-hybridized carbons (Fsp3) is 0.263. The largest absolute Gasteiger partial charge is 0.355 e. The van der Waals surface area contributed by atoms with Crippen molar-refractivity contribution in [2.45, 2.75) is 12.8 Å². The third kappa shape index (κ3) is 5.90. The zero-order valence-corrected chi connectivity index (χ0v) is 15.4. The number of nitriles is 1. The fourth-order valence-electron chi connectivity index (χ4n) is 2.48. The molecule has 2 aromatic rings. The molecule has 1 amide bonds. The molecule has 0 aromatic heterocycles. The van der Waals surface area contributed by atoms with Gasteiger partial charge in [0.2, 0.25) is 15.9 Å². The maximum absolute atomic E-state index is 12.2. The number of hydrogen-bond donors (Lipinski definition) is 1. The van der Waals surface area contributed by atoms with Gasteiger partial charge in [-0.05, 0) is 36.6 Å². The van der Waals surface area contributed by atoms with Gasteiger partial charge in [0.15, 0.2) is 0 Å². The Bertz CT molecular complexity index is 890. The van der Waals surface area contributed by atoms with Crippen molar-refractivity contribution < 1.29 is 13.2 Å². The molecular formula is C19H21N3O3S. The molecule has 0 aliphatic heterocycles. The molecular weight excluding hydrogens is 350 g/mol. The van der Waals surface area contributed by atoms with Crippen LogP contribution in [0.5, 0.6) is 0 Å². The van der Waals surface area contributed by atoms with Gasteiger partial charge in [0, 0.05) is 6.54 Å². The summed E-state index contributed by atoms with van der Waals surface area (Å²) in [5.74, 6) is -0.383. The van der Waals surface area contributed by atoms with E-state index in [4.69, 9.17) is 5.26 Å². The predicted octanol–water partition coefficient (Wildman–Crippen LogP) is 2.07. The first-order valence-corrected chi connectivity index (χ1v) is 10.0. The Morgan fingerprint density at radius 1 is 1.15 bits per heavy atom. The molecule has 136 valence electrons. The Balaban J connectivity index is 1.93. The minimum absolute atomic E-state index is 0.297. The zero-order valence-electron chi connectivity index (χ0n) is 14.6. The highest BCUT2D eigenvalue weighted by molar-refractivity contribution is 7.92. The number of aryl methyl sites for hydroxylation is 1. The van der Waals surface area contributed by atoms with Crippen LogP contribution in [0.15, 0.2) is 54.6 Å². The highest BCUT2D eigenvalue weighted by Gasteiger charge is 2.20. The first-order chi connectivity index (χ1) is 12.4. The Kier molecular flexibility index (Phi) is 6.75. The van der Waals surface area contributed by atoms with Crippen LogP contribution in [0.25, 0.3) is 0 Å². The number of nitrogens with one attached hydrogen (secondary N) is 1. The summed E-state index contributed by atoms with van der Waals surface area (Å²) < 4.78 is 25.1. The molecule has 0 atom stereocenters. The summed E-state index contributed by atoms with van der Waals surface area (Å²) in [6.07, 6.45) is 2.63. The van der Waals surface area contributed by atoms with Gasteiger partial charge in [-0.2, -0.15) is 5.26 Å². The molecule has 0 saturated carbocycles. The molecule has 0 spiro atoms. The molecule has 7 heteroatoms. The van der Waals surface area contributed by atoms with E-state index in [1.165, 1.54) is 11.6 Å². The summed E-state index contributed by atoms with van der Waals surface area (Å²) in [6.45, 7) is 0.141. The number of nitrogens with zero attached hydrogens (tertiary/aromatic N) is 2. The first-order valence-electron chi connectivity index (χ1n) is 8.18. The van der Waals surface area contributed by atoms with Gasteiger partial charge in [-0.15, -0.1) is 0 Å². The normalized spacial score (nSPS) is 10.8. The van der Waals surface area contributed by atoms with Crippen LogP contribution in [0.2, 0.25) is 0 Å². The van der Waals surface area contributed by atoms with Crippen molar-refractivity contribution in [1.82, 2.24) is 5.32 Å². The molecule has 1 N–H and O–H groups in total. The lowest BCUT2D eigenvalue weighted by Gasteiger charge is -2.22. The van der Waals surface area contributed by atoms with E-state index in [0.717, 1.165) is 23.4 Å². The monoisotopic (exact) mass is 371 g/mol. The zero-order chi connectivity index (χ0) is 19.0. The van der Waals surface area contributed by atoms with Crippen LogP contribution in [-0.2, 0) is 21.2 Å². The lowest BCUT2D eigenvalue weighted by atomic mass is 10.1. The summed E-state index contributed by atoms with van der Waals surface area (Å²) in [7, 11) is -3.65. The quantitative estimate of drug-likeness (QED) is 0.719. The van der Waals surface area contributed by atoms with Crippen molar-refractivity contribution in [3.63, 3.8) is 0 Å². The maximum atomic E-state index is 12.2. The lowest BCUT2D eigenvalue weighted by Crippen LogP contribution is -2.40. The van der Waals surface area contributed by atoms with Crippen LogP contribution in [0.3, 0.4) is 0 Å². The average Bonchev–Trinajstić information content (AvgIpc) is 2.63. The number of amides is 1. The van der Waals surface area contributed by atoms with Gasteiger partial charge in [-0.25, -0.2) is 8.42 Å². The van der Waals surface area contributed by atoms with Crippen LogP contribution in [0.4, 0.5) is 5.69 Å². The molecule has 0 aliphatic rings. The van der Waals surface area contributed by atoms with Gasteiger partial charge in [-0.3, -0.25) is 9.10 Å². The van der Waals surface area contributed by atoms with E-state index in [2.05, 4.69) is 5.32 Å². The molecule has 0 saturated heterocycles. The minimum atomic E-state index is -3.65. The second kappa shape index (κ2) is 9.02. The Morgan fingerprint density at radius 3 is 2.54 bits per heavy atom. The van der Waals surface area contributed by atoms with E-state index in [9.17, 15) is 13.2 Å². The number of carbonyl (C=O) groups excluding carboxylic acids is 1. The highest BCUT2D eigenvalue weighted by atomic mass is 32.2. The molecule has 0 unspecified atom stereocenters. The number of hydrogen-bond acceptors (Lipinski definition) is 4. The van der Waals surface area contributed by atoms with Gasteiger partial charge in [0.25, 0.3) is 0 Å². The van der Waals surface area contributed by atoms with E-state index in [0.29, 0.717) is 17.8 Å². The summed E-state index contributed by atoms with van der Waals surface area (Å²) in [6, 6.07) is 18.1. The summed E-state index contributed by atoms with van der Waals surface area (Å²) >= 11 is 0. The van der Waals surface area contributed by atoms with E-state index in [-0.39, 0.29) is 12.5 Å². The lowest BCUT2D eigenvalue weighted by molar-refractivity contribution is -0.119. The van der Waals surface area contributed by atoms with Gasteiger partial charge >= 0.3 is 0 Å². The fourth-order valence-corrected chi connectivity index (χ4v) is 3.33. The maximum Gasteiger partial charge on any atom is 0.240 e.